The van der Waals surface area contributed by atoms with Crippen molar-refractivity contribution in [3.8, 4) is 11.5 Å². The number of aryl methyl sites for hydroxylation is 1. The Morgan fingerprint density at radius 2 is 2.04 bits per heavy atom. The predicted octanol–water partition coefficient (Wildman–Crippen LogP) is 2.89. The molecular formula is C18H21N3O2. The summed E-state index contributed by atoms with van der Waals surface area (Å²) >= 11 is 0. The maximum atomic E-state index is 5.69. The van der Waals surface area contributed by atoms with Gasteiger partial charge in [0.1, 0.15) is 13.2 Å². The van der Waals surface area contributed by atoms with E-state index in [0.29, 0.717) is 19.3 Å². The van der Waals surface area contributed by atoms with Crippen molar-refractivity contribution in [3.05, 3.63) is 47.5 Å². The third-order valence-electron chi connectivity index (χ3n) is 4.47. The van der Waals surface area contributed by atoms with E-state index >= 15 is 0 Å². The predicted molar refractivity (Wildman–Crippen MR) is 86.6 cm³/mol. The fraction of sp³-hybridized carbons (Fsp3) is 0.444. The van der Waals surface area contributed by atoms with E-state index in [0.717, 1.165) is 42.4 Å². The summed E-state index contributed by atoms with van der Waals surface area (Å²) in [5.74, 6) is 1.71. The van der Waals surface area contributed by atoms with Crippen LogP contribution in [0.5, 0.6) is 11.5 Å². The normalized spacial score (nSPS) is 20.7. The molecule has 2 aliphatic heterocycles. The van der Waals surface area contributed by atoms with Crippen molar-refractivity contribution in [2.24, 2.45) is 0 Å². The minimum Gasteiger partial charge on any atom is -0.486 e. The quantitative estimate of drug-likeness (QED) is 0.872. The van der Waals surface area contributed by atoms with E-state index in [1.54, 1.807) is 0 Å². The second-order valence-corrected chi connectivity index (χ2v) is 6.19. The lowest BCUT2D eigenvalue weighted by molar-refractivity contribution is 0.171. The standard InChI is InChI=1S/C18H21N3O2/c1-13-10-19-11-15(20-13)16-3-2-6-21(16)12-14-4-5-17-18(9-14)23-8-7-22-17/h4-5,9-11,16H,2-3,6-8,12H2,1H3/t16-/m0/s1. The average Bonchev–Trinajstić information content (AvgIpc) is 3.03. The van der Waals surface area contributed by atoms with Gasteiger partial charge < -0.3 is 9.47 Å². The van der Waals surface area contributed by atoms with Gasteiger partial charge in [-0.1, -0.05) is 6.07 Å². The summed E-state index contributed by atoms with van der Waals surface area (Å²) in [7, 11) is 0. The van der Waals surface area contributed by atoms with Crippen LogP contribution in [0, 0.1) is 6.92 Å². The van der Waals surface area contributed by atoms with Crippen LogP contribution < -0.4 is 9.47 Å². The molecular weight excluding hydrogens is 290 g/mol. The van der Waals surface area contributed by atoms with Crippen molar-refractivity contribution in [2.75, 3.05) is 19.8 Å². The van der Waals surface area contributed by atoms with E-state index in [9.17, 15) is 0 Å². The summed E-state index contributed by atoms with van der Waals surface area (Å²) in [5, 5.41) is 0. The molecule has 23 heavy (non-hydrogen) atoms. The molecule has 0 amide bonds. The molecule has 2 aliphatic rings. The van der Waals surface area contributed by atoms with Crippen molar-refractivity contribution in [2.45, 2.75) is 32.4 Å². The molecule has 5 nitrogen and oxygen atoms in total. The molecule has 0 radical (unpaired) electrons. The molecule has 1 fully saturated rings. The highest BCUT2D eigenvalue weighted by molar-refractivity contribution is 5.43. The summed E-state index contributed by atoms with van der Waals surface area (Å²) in [4.78, 5) is 11.5. The van der Waals surface area contributed by atoms with E-state index in [2.05, 4.69) is 27.0 Å². The van der Waals surface area contributed by atoms with Crippen LogP contribution >= 0.6 is 0 Å². The number of benzene rings is 1. The SMILES string of the molecule is Cc1cncc([C@@H]2CCCN2Cc2ccc3c(c2)OCCO3)n1. The highest BCUT2D eigenvalue weighted by atomic mass is 16.6. The second kappa shape index (κ2) is 6.16. The van der Waals surface area contributed by atoms with Gasteiger partial charge in [-0.2, -0.15) is 0 Å². The summed E-state index contributed by atoms with van der Waals surface area (Å²) in [6.07, 6.45) is 6.05. The molecule has 1 saturated heterocycles. The zero-order valence-electron chi connectivity index (χ0n) is 13.4. The van der Waals surface area contributed by atoms with E-state index in [4.69, 9.17) is 9.47 Å². The molecule has 0 aliphatic carbocycles. The Morgan fingerprint density at radius 1 is 1.17 bits per heavy atom. The number of hydrogen-bond acceptors (Lipinski definition) is 5. The molecule has 120 valence electrons. The van der Waals surface area contributed by atoms with Gasteiger partial charge in [0.05, 0.1) is 17.4 Å². The van der Waals surface area contributed by atoms with Crippen molar-refractivity contribution >= 4 is 0 Å². The minimum absolute atomic E-state index is 0.357. The van der Waals surface area contributed by atoms with Gasteiger partial charge in [-0.15, -0.1) is 0 Å². The average molecular weight is 311 g/mol. The maximum absolute atomic E-state index is 5.69. The van der Waals surface area contributed by atoms with Crippen LogP contribution in [0.2, 0.25) is 0 Å². The number of hydrogen-bond donors (Lipinski definition) is 0. The minimum atomic E-state index is 0.357. The third kappa shape index (κ3) is 3.01. The first-order valence-corrected chi connectivity index (χ1v) is 8.21. The molecule has 4 rings (SSSR count). The van der Waals surface area contributed by atoms with Crippen molar-refractivity contribution < 1.29 is 9.47 Å². The van der Waals surface area contributed by atoms with Gasteiger partial charge in [-0.05, 0) is 44.0 Å². The summed E-state index contributed by atoms with van der Waals surface area (Å²) in [6, 6.07) is 6.61. The first-order chi connectivity index (χ1) is 11.3. The Kier molecular flexibility index (Phi) is 3.87. The zero-order chi connectivity index (χ0) is 15.6. The highest BCUT2D eigenvalue weighted by Crippen LogP contribution is 2.35. The van der Waals surface area contributed by atoms with Crippen LogP contribution in [0.1, 0.15) is 35.8 Å². The molecule has 0 saturated carbocycles. The first kappa shape index (κ1) is 14.5. The number of aromatic nitrogens is 2. The Hall–Kier alpha value is -2.14. The van der Waals surface area contributed by atoms with Crippen LogP contribution in [0.15, 0.2) is 30.6 Å². The third-order valence-corrected chi connectivity index (χ3v) is 4.47. The Morgan fingerprint density at radius 3 is 2.91 bits per heavy atom. The number of fused-ring (bicyclic) bond motifs is 1. The molecule has 0 spiro atoms. The molecule has 1 aromatic carbocycles. The number of rotatable bonds is 3. The zero-order valence-corrected chi connectivity index (χ0v) is 13.4. The van der Waals surface area contributed by atoms with Crippen LogP contribution in [0.3, 0.4) is 0 Å². The highest BCUT2D eigenvalue weighted by Gasteiger charge is 2.27. The molecule has 2 aromatic rings. The fourth-order valence-corrected chi connectivity index (χ4v) is 3.41. The van der Waals surface area contributed by atoms with Crippen LogP contribution in [0.4, 0.5) is 0 Å². The molecule has 5 heteroatoms. The van der Waals surface area contributed by atoms with Gasteiger partial charge in [-0.25, -0.2) is 0 Å². The number of ether oxygens (including phenoxy) is 2. The molecule has 0 unspecified atom stereocenters. The van der Waals surface area contributed by atoms with Gasteiger partial charge in [0, 0.05) is 18.9 Å². The maximum Gasteiger partial charge on any atom is 0.161 e. The topological polar surface area (TPSA) is 47.5 Å². The Bertz CT molecular complexity index is 704. The van der Waals surface area contributed by atoms with Crippen LogP contribution in [-0.4, -0.2) is 34.6 Å². The summed E-state index contributed by atoms with van der Waals surface area (Å²) < 4.78 is 11.3. The van der Waals surface area contributed by atoms with E-state index < -0.39 is 0 Å². The van der Waals surface area contributed by atoms with E-state index in [-0.39, 0.29) is 0 Å². The largest absolute Gasteiger partial charge is 0.486 e. The monoisotopic (exact) mass is 311 g/mol. The van der Waals surface area contributed by atoms with Crippen molar-refractivity contribution in [1.29, 1.82) is 0 Å². The van der Waals surface area contributed by atoms with Gasteiger partial charge in [0.15, 0.2) is 11.5 Å². The second-order valence-electron chi connectivity index (χ2n) is 6.19. The number of nitrogens with zero attached hydrogens (tertiary/aromatic N) is 3. The molecule has 0 bridgehead atoms. The number of likely N-dealkylation sites (tertiary alicyclic amines) is 1. The van der Waals surface area contributed by atoms with Crippen molar-refractivity contribution in [3.63, 3.8) is 0 Å². The molecule has 1 atom stereocenters. The van der Waals surface area contributed by atoms with Crippen LogP contribution in [-0.2, 0) is 6.54 Å². The Balaban J connectivity index is 1.53. The fourth-order valence-electron chi connectivity index (χ4n) is 3.41. The first-order valence-electron chi connectivity index (χ1n) is 8.21. The van der Waals surface area contributed by atoms with Gasteiger partial charge in [-0.3, -0.25) is 14.9 Å². The summed E-state index contributed by atoms with van der Waals surface area (Å²) in [6.45, 7) is 5.25. The molecule has 3 heterocycles. The van der Waals surface area contributed by atoms with Crippen LogP contribution in [0.25, 0.3) is 0 Å². The molecule has 1 aromatic heterocycles. The Labute approximate surface area is 136 Å². The lowest BCUT2D eigenvalue weighted by atomic mass is 10.1. The summed E-state index contributed by atoms with van der Waals surface area (Å²) in [5.41, 5.74) is 3.32. The lowest BCUT2D eigenvalue weighted by Gasteiger charge is -2.25. The van der Waals surface area contributed by atoms with Gasteiger partial charge in [0.25, 0.3) is 0 Å². The lowest BCUT2D eigenvalue weighted by Crippen LogP contribution is -2.24. The van der Waals surface area contributed by atoms with Gasteiger partial charge >= 0.3 is 0 Å². The van der Waals surface area contributed by atoms with E-state index in [1.165, 1.54) is 12.0 Å². The van der Waals surface area contributed by atoms with Gasteiger partial charge in [0.2, 0.25) is 0 Å². The van der Waals surface area contributed by atoms with Crippen molar-refractivity contribution in [1.82, 2.24) is 14.9 Å². The molecule has 0 N–H and O–H groups in total. The van der Waals surface area contributed by atoms with E-state index in [1.807, 2.05) is 25.4 Å². The smallest absolute Gasteiger partial charge is 0.161 e.